The predicted molar refractivity (Wildman–Crippen MR) is 140 cm³/mol. The predicted octanol–water partition coefficient (Wildman–Crippen LogP) is 3.79. The fourth-order valence-electron chi connectivity index (χ4n) is 4.60. The van der Waals surface area contributed by atoms with Gasteiger partial charge in [0.2, 0.25) is 5.91 Å². The molecule has 0 bridgehead atoms. The van der Waals surface area contributed by atoms with Crippen LogP contribution >= 0.6 is 11.3 Å². The van der Waals surface area contributed by atoms with E-state index in [1.165, 1.54) is 11.3 Å². The first-order valence-electron chi connectivity index (χ1n) is 12.2. The zero-order chi connectivity index (χ0) is 26.0. The van der Waals surface area contributed by atoms with Crippen molar-refractivity contribution in [2.24, 2.45) is 0 Å². The third kappa shape index (κ3) is 5.53. The number of rotatable bonds is 9. The maximum Gasteiger partial charge on any atom is 0.287 e. The van der Waals surface area contributed by atoms with Crippen molar-refractivity contribution in [3.63, 3.8) is 0 Å². The second-order valence-corrected chi connectivity index (χ2v) is 11.5. The third-order valence-electron chi connectivity index (χ3n) is 6.91. The number of nitrogens with one attached hydrogen (secondary N) is 3. The standard InChI is InChI=1S/C25H27N5O5S2/c26-15-24(8-9-24)30-22(32)25(6-2-1-3-7-25)29-21(31)20-13-17-5-4-16(12-19(17)35-20)18-14-36-23(28-18)27-10-11-37(33)34/h4-5,12-14H,1-3,6-11H2,(H,27,28)(H,29,31)(H,30,32)(H,33,34). The van der Waals surface area contributed by atoms with E-state index in [9.17, 15) is 19.1 Å². The molecule has 2 aliphatic carbocycles. The second-order valence-electron chi connectivity index (χ2n) is 9.60. The Morgan fingerprint density at radius 3 is 2.65 bits per heavy atom. The molecule has 0 spiro atoms. The monoisotopic (exact) mass is 541 g/mol. The molecule has 2 fully saturated rings. The molecule has 2 saturated carbocycles. The van der Waals surface area contributed by atoms with E-state index < -0.39 is 28.1 Å². The van der Waals surface area contributed by atoms with Gasteiger partial charge >= 0.3 is 0 Å². The van der Waals surface area contributed by atoms with Crippen LogP contribution in [-0.4, -0.2) is 48.9 Å². The molecule has 1 atom stereocenters. The zero-order valence-corrected chi connectivity index (χ0v) is 21.7. The number of anilines is 1. The molecule has 10 nitrogen and oxygen atoms in total. The van der Waals surface area contributed by atoms with Gasteiger partial charge in [-0.05, 0) is 37.8 Å². The van der Waals surface area contributed by atoms with Gasteiger partial charge in [-0.25, -0.2) is 9.19 Å². The summed E-state index contributed by atoms with van der Waals surface area (Å²) in [6, 6.07) is 9.38. The van der Waals surface area contributed by atoms with Crippen LogP contribution in [0.1, 0.15) is 55.5 Å². The minimum Gasteiger partial charge on any atom is -0.451 e. The van der Waals surface area contributed by atoms with E-state index in [0.717, 1.165) is 30.2 Å². The Hall–Kier alpha value is -3.27. The topological polar surface area (TPSA) is 157 Å². The van der Waals surface area contributed by atoms with Crippen LogP contribution in [0.15, 0.2) is 34.1 Å². The summed E-state index contributed by atoms with van der Waals surface area (Å²) in [6.07, 6.45) is 4.93. The molecule has 3 aromatic rings. The number of nitriles is 1. The number of amides is 2. The number of carbonyl (C=O) groups is 2. The van der Waals surface area contributed by atoms with Crippen molar-refractivity contribution in [3.05, 3.63) is 35.4 Å². The van der Waals surface area contributed by atoms with Crippen molar-refractivity contribution in [2.45, 2.75) is 56.0 Å². The van der Waals surface area contributed by atoms with Crippen LogP contribution in [0, 0.1) is 11.3 Å². The second kappa shape index (κ2) is 10.2. The number of benzene rings is 1. The number of carbonyl (C=O) groups excluding carboxylic acids is 2. The molecular weight excluding hydrogens is 514 g/mol. The molecule has 12 heteroatoms. The summed E-state index contributed by atoms with van der Waals surface area (Å²) in [5.41, 5.74) is 0.178. The van der Waals surface area contributed by atoms with E-state index in [1.807, 2.05) is 17.5 Å². The van der Waals surface area contributed by atoms with E-state index >= 15 is 0 Å². The van der Waals surface area contributed by atoms with Crippen molar-refractivity contribution in [2.75, 3.05) is 17.6 Å². The first kappa shape index (κ1) is 25.4. The third-order valence-corrected chi connectivity index (χ3v) is 8.26. The Morgan fingerprint density at radius 1 is 1.16 bits per heavy atom. The average molecular weight is 542 g/mol. The van der Waals surface area contributed by atoms with Crippen LogP contribution in [-0.2, 0) is 15.9 Å². The summed E-state index contributed by atoms with van der Waals surface area (Å²) in [7, 11) is 0. The Kier molecular flexibility index (Phi) is 7.02. The summed E-state index contributed by atoms with van der Waals surface area (Å²) >= 11 is -0.475. The van der Waals surface area contributed by atoms with Crippen LogP contribution < -0.4 is 16.0 Å². The van der Waals surface area contributed by atoms with Gasteiger partial charge < -0.3 is 24.9 Å². The van der Waals surface area contributed by atoms with Crippen molar-refractivity contribution >= 4 is 50.3 Å². The van der Waals surface area contributed by atoms with Crippen molar-refractivity contribution in [1.82, 2.24) is 15.6 Å². The van der Waals surface area contributed by atoms with Gasteiger partial charge in [0, 0.05) is 22.9 Å². The number of nitrogens with zero attached hydrogens (tertiary/aromatic N) is 2. The van der Waals surface area contributed by atoms with Crippen molar-refractivity contribution in [1.29, 1.82) is 5.26 Å². The van der Waals surface area contributed by atoms with E-state index in [-0.39, 0.29) is 17.4 Å². The van der Waals surface area contributed by atoms with Crippen LogP contribution in [0.5, 0.6) is 0 Å². The fraction of sp³-hybridized carbons (Fsp3) is 0.440. The highest BCUT2D eigenvalue weighted by Crippen LogP contribution is 2.37. The lowest BCUT2D eigenvalue weighted by molar-refractivity contribution is -0.129. The number of thiazole rings is 1. The molecule has 37 heavy (non-hydrogen) atoms. The van der Waals surface area contributed by atoms with Gasteiger partial charge in [0.25, 0.3) is 5.91 Å². The minimum atomic E-state index is -1.86. The Bertz CT molecular complexity index is 1400. The molecule has 2 amide bonds. The molecule has 1 unspecified atom stereocenters. The van der Waals surface area contributed by atoms with Gasteiger partial charge in [-0.15, -0.1) is 11.3 Å². The van der Waals surface area contributed by atoms with Crippen LogP contribution in [0.25, 0.3) is 22.2 Å². The van der Waals surface area contributed by atoms with E-state index in [4.69, 9.17) is 8.97 Å². The lowest BCUT2D eigenvalue weighted by Crippen LogP contribution is -2.61. The maximum atomic E-state index is 13.2. The van der Waals surface area contributed by atoms with Gasteiger partial charge in [0.05, 0.1) is 17.5 Å². The van der Waals surface area contributed by atoms with E-state index in [0.29, 0.717) is 48.6 Å². The van der Waals surface area contributed by atoms with Crippen molar-refractivity contribution in [3.8, 4) is 17.3 Å². The zero-order valence-electron chi connectivity index (χ0n) is 20.0. The molecule has 1 aromatic carbocycles. The fourth-order valence-corrected chi connectivity index (χ4v) is 5.63. The highest BCUT2D eigenvalue weighted by Gasteiger charge is 2.50. The van der Waals surface area contributed by atoms with Crippen molar-refractivity contribution < 1.29 is 22.8 Å². The number of furan rings is 1. The lowest BCUT2D eigenvalue weighted by Gasteiger charge is -2.37. The van der Waals surface area contributed by atoms with Gasteiger partial charge in [-0.2, -0.15) is 5.26 Å². The molecule has 0 radical (unpaired) electrons. The van der Waals surface area contributed by atoms with E-state index in [1.54, 1.807) is 12.1 Å². The molecule has 5 rings (SSSR count). The summed E-state index contributed by atoms with van der Waals surface area (Å²) in [5, 5.41) is 21.5. The first-order valence-corrected chi connectivity index (χ1v) is 14.3. The van der Waals surface area contributed by atoms with Gasteiger partial charge in [0.1, 0.15) is 16.7 Å². The van der Waals surface area contributed by atoms with Crippen LogP contribution in [0.2, 0.25) is 0 Å². The largest absolute Gasteiger partial charge is 0.451 e. The quantitative estimate of drug-likeness (QED) is 0.298. The Balaban J connectivity index is 1.32. The molecule has 2 aromatic heterocycles. The smallest absolute Gasteiger partial charge is 0.287 e. The molecule has 4 N–H and O–H groups in total. The highest BCUT2D eigenvalue weighted by molar-refractivity contribution is 7.79. The number of hydrogen-bond acceptors (Lipinski definition) is 8. The van der Waals surface area contributed by atoms with Gasteiger partial charge in [-0.3, -0.25) is 9.59 Å². The van der Waals surface area contributed by atoms with Crippen LogP contribution in [0.3, 0.4) is 0 Å². The molecule has 0 saturated heterocycles. The Labute approximate surface area is 220 Å². The SMILES string of the molecule is N#CC1(NC(=O)C2(NC(=O)c3cc4ccc(-c5csc(NCCS(=O)O)n5)cc4o3)CCCCC2)CC1. The maximum absolute atomic E-state index is 13.2. The summed E-state index contributed by atoms with van der Waals surface area (Å²) in [6.45, 7) is 0.336. The number of aromatic nitrogens is 1. The summed E-state index contributed by atoms with van der Waals surface area (Å²) in [5.74, 6) is -0.529. The molecule has 2 heterocycles. The first-order chi connectivity index (χ1) is 17.8. The summed E-state index contributed by atoms with van der Waals surface area (Å²) < 4.78 is 25.6. The molecule has 0 aliphatic heterocycles. The molecule has 194 valence electrons. The van der Waals surface area contributed by atoms with E-state index in [2.05, 4.69) is 27.0 Å². The minimum absolute atomic E-state index is 0.111. The molecule has 2 aliphatic rings. The number of hydrogen-bond donors (Lipinski definition) is 4. The average Bonchev–Trinajstić information content (AvgIpc) is 3.29. The van der Waals surface area contributed by atoms with Gasteiger partial charge in [0.15, 0.2) is 22.0 Å². The van der Waals surface area contributed by atoms with Crippen LogP contribution in [0.4, 0.5) is 5.13 Å². The normalized spacial score (nSPS) is 18.5. The lowest BCUT2D eigenvalue weighted by atomic mass is 9.80. The molecular formula is C25H27N5O5S2. The van der Waals surface area contributed by atoms with Gasteiger partial charge in [-0.1, -0.05) is 31.4 Å². The Morgan fingerprint density at radius 2 is 1.95 bits per heavy atom. The highest BCUT2D eigenvalue weighted by atomic mass is 32.2. The number of fused-ring (bicyclic) bond motifs is 1. The summed E-state index contributed by atoms with van der Waals surface area (Å²) in [4.78, 5) is 31.0.